The van der Waals surface area contributed by atoms with E-state index in [1.165, 1.54) is 18.6 Å². The SMILES string of the molecule is c1cc(C2CCCS2)cs1. The Balaban J connectivity index is 2.12. The molecule has 1 aromatic rings. The highest BCUT2D eigenvalue weighted by Gasteiger charge is 2.17. The fourth-order valence-corrected chi connectivity index (χ4v) is 3.39. The van der Waals surface area contributed by atoms with Gasteiger partial charge in [-0.05, 0) is 41.0 Å². The molecule has 0 nitrogen and oxygen atoms in total. The summed E-state index contributed by atoms with van der Waals surface area (Å²) < 4.78 is 0. The molecule has 1 saturated heterocycles. The van der Waals surface area contributed by atoms with Crippen LogP contribution in [0.3, 0.4) is 0 Å². The van der Waals surface area contributed by atoms with E-state index >= 15 is 0 Å². The van der Waals surface area contributed by atoms with Crippen LogP contribution in [-0.2, 0) is 0 Å². The average Bonchev–Trinajstić information content (AvgIpc) is 2.59. The molecule has 0 aromatic carbocycles. The summed E-state index contributed by atoms with van der Waals surface area (Å²) in [5.41, 5.74) is 1.55. The Kier molecular flexibility index (Phi) is 2.00. The highest BCUT2D eigenvalue weighted by Crippen LogP contribution is 2.40. The number of hydrogen-bond acceptors (Lipinski definition) is 2. The first-order valence-corrected chi connectivity index (χ1v) is 5.59. The molecule has 1 aliphatic rings. The van der Waals surface area contributed by atoms with E-state index < -0.39 is 0 Å². The Bertz CT molecular complexity index is 185. The zero-order valence-corrected chi connectivity index (χ0v) is 7.38. The fraction of sp³-hybridized carbons (Fsp3) is 0.500. The molecule has 1 fully saturated rings. The lowest BCUT2D eigenvalue weighted by Crippen LogP contribution is -1.82. The zero-order valence-electron chi connectivity index (χ0n) is 5.75. The molecule has 10 heavy (non-hydrogen) atoms. The lowest BCUT2D eigenvalue weighted by Gasteiger charge is -2.03. The van der Waals surface area contributed by atoms with Crippen molar-refractivity contribution in [2.24, 2.45) is 0 Å². The maximum absolute atomic E-state index is 2.28. The third-order valence-electron chi connectivity index (χ3n) is 1.84. The van der Waals surface area contributed by atoms with Gasteiger partial charge in [-0.2, -0.15) is 23.1 Å². The van der Waals surface area contributed by atoms with Gasteiger partial charge in [-0.25, -0.2) is 0 Å². The van der Waals surface area contributed by atoms with Gasteiger partial charge in [0.05, 0.1) is 0 Å². The molecule has 0 bridgehead atoms. The summed E-state index contributed by atoms with van der Waals surface area (Å²) in [7, 11) is 0. The molecule has 1 aromatic heterocycles. The van der Waals surface area contributed by atoms with Gasteiger partial charge in [-0.15, -0.1) is 0 Å². The van der Waals surface area contributed by atoms with Crippen LogP contribution in [0.5, 0.6) is 0 Å². The summed E-state index contributed by atoms with van der Waals surface area (Å²) in [5, 5.41) is 5.28. The van der Waals surface area contributed by atoms with Crippen molar-refractivity contribution in [1.29, 1.82) is 0 Å². The maximum Gasteiger partial charge on any atom is 0.0305 e. The number of thioether (sulfide) groups is 1. The quantitative estimate of drug-likeness (QED) is 0.623. The van der Waals surface area contributed by atoms with Crippen LogP contribution in [0.1, 0.15) is 23.7 Å². The summed E-state index contributed by atoms with van der Waals surface area (Å²) in [6, 6.07) is 2.26. The van der Waals surface area contributed by atoms with E-state index in [1.54, 1.807) is 5.56 Å². The van der Waals surface area contributed by atoms with Crippen LogP contribution in [0.15, 0.2) is 16.8 Å². The third kappa shape index (κ3) is 1.23. The largest absolute Gasteiger partial charge is 0.154 e. The van der Waals surface area contributed by atoms with Gasteiger partial charge < -0.3 is 0 Å². The first-order valence-electron chi connectivity index (χ1n) is 3.60. The molecule has 1 unspecified atom stereocenters. The second kappa shape index (κ2) is 2.97. The molecule has 2 heteroatoms. The number of thiophene rings is 1. The predicted octanol–water partition coefficient (Wildman–Crippen LogP) is 3.32. The molecule has 1 aliphatic heterocycles. The Hall–Kier alpha value is 0.0500. The Morgan fingerprint density at radius 1 is 1.50 bits per heavy atom. The van der Waals surface area contributed by atoms with Crippen LogP contribution in [0.4, 0.5) is 0 Å². The summed E-state index contributed by atoms with van der Waals surface area (Å²) in [6.45, 7) is 0. The average molecular weight is 170 g/mol. The van der Waals surface area contributed by atoms with Crippen LogP contribution in [-0.4, -0.2) is 5.75 Å². The Morgan fingerprint density at radius 3 is 3.10 bits per heavy atom. The minimum Gasteiger partial charge on any atom is -0.154 e. The van der Waals surface area contributed by atoms with Crippen LogP contribution in [0.25, 0.3) is 0 Å². The van der Waals surface area contributed by atoms with Gasteiger partial charge in [-0.3, -0.25) is 0 Å². The van der Waals surface area contributed by atoms with E-state index in [1.807, 2.05) is 11.3 Å². The van der Waals surface area contributed by atoms with Gasteiger partial charge in [0.1, 0.15) is 0 Å². The van der Waals surface area contributed by atoms with E-state index in [0.717, 1.165) is 5.25 Å². The molecule has 0 radical (unpaired) electrons. The third-order valence-corrected chi connectivity index (χ3v) is 3.98. The second-order valence-corrected chi connectivity index (χ2v) is 4.65. The molecule has 0 saturated carbocycles. The zero-order chi connectivity index (χ0) is 6.81. The molecule has 0 amide bonds. The molecule has 1 atom stereocenters. The lowest BCUT2D eigenvalue weighted by atomic mass is 10.1. The van der Waals surface area contributed by atoms with E-state index in [0.29, 0.717) is 0 Å². The minimum atomic E-state index is 0.825. The molecule has 2 heterocycles. The van der Waals surface area contributed by atoms with Crippen molar-refractivity contribution in [3.63, 3.8) is 0 Å². The van der Waals surface area contributed by atoms with Crippen LogP contribution >= 0.6 is 23.1 Å². The fourth-order valence-electron chi connectivity index (χ4n) is 1.30. The van der Waals surface area contributed by atoms with Crippen molar-refractivity contribution in [3.05, 3.63) is 22.4 Å². The van der Waals surface area contributed by atoms with Crippen molar-refractivity contribution in [2.45, 2.75) is 18.1 Å². The van der Waals surface area contributed by atoms with Crippen molar-refractivity contribution in [2.75, 3.05) is 5.75 Å². The monoisotopic (exact) mass is 170 g/mol. The number of rotatable bonds is 1. The summed E-state index contributed by atoms with van der Waals surface area (Å²) in [5.74, 6) is 1.36. The highest BCUT2D eigenvalue weighted by molar-refractivity contribution is 7.99. The summed E-state index contributed by atoms with van der Waals surface area (Å²) in [4.78, 5) is 0. The molecule has 2 rings (SSSR count). The molecule has 0 aliphatic carbocycles. The van der Waals surface area contributed by atoms with Gasteiger partial charge in [0, 0.05) is 5.25 Å². The van der Waals surface area contributed by atoms with Crippen LogP contribution in [0, 0.1) is 0 Å². The normalized spacial score (nSPS) is 25.4. The summed E-state index contributed by atoms with van der Waals surface area (Å²) >= 11 is 3.92. The van der Waals surface area contributed by atoms with Crippen molar-refractivity contribution in [3.8, 4) is 0 Å². The second-order valence-electron chi connectivity index (χ2n) is 2.56. The van der Waals surface area contributed by atoms with Gasteiger partial charge in [0.2, 0.25) is 0 Å². The van der Waals surface area contributed by atoms with E-state index in [9.17, 15) is 0 Å². The maximum atomic E-state index is 2.28. The smallest absolute Gasteiger partial charge is 0.0305 e. The van der Waals surface area contributed by atoms with Gasteiger partial charge in [0.25, 0.3) is 0 Å². The molecular weight excluding hydrogens is 160 g/mol. The van der Waals surface area contributed by atoms with Crippen molar-refractivity contribution in [1.82, 2.24) is 0 Å². The van der Waals surface area contributed by atoms with Crippen molar-refractivity contribution >= 4 is 23.1 Å². The first-order chi connectivity index (χ1) is 4.97. The molecule has 54 valence electrons. The first kappa shape index (κ1) is 6.74. The molecular formula is C8H10S2. The van der Waals surface area contributed by atoms with Crippen LogP contribution in [0.2, 0.25) is 0 Å². The van der Waals surface area contributed by atoms with Crippen molar-refractivity contribution < 1.29 is 0 Å². The predicted molar refractivity (Wildman–Crippen MR) is 48.8 cm³/mol. The topological polar surface area (TPSA) is 0 Å². The highest BCUT2D eigenvalue weighted by atomic mass is 32.2. The molecule has 0 spiro atoms. The number of hydrogen-bond donors (Lipinski definition) is 0. The standard InChI is InChI=1S/C8H10S2/c1-2-8(10-4-1)7-3-5-9-6-7/h3,5-6,8H,1-2,4H2. The lowest BCUT2D eigenvalue weighted by molar-refractivity contribution is 0.832. The van der Waals surface area contributed by atoms with E-state index in [-0.39, 0.29) is 0 Å². The minimum absolute atomic E-state index is 0.825. The van der Waals surface area contributed by atoms with E-state index in [2.05, 4.69) is 28.6 Å². The Morgan fingerprint density at radius 2 is 2.50 bits per heavy atom. The van der Waals surface area contributed by atoms with Gasteiger partial charge in [-0.1, -0.05) is 0 Å². The van der Waals surface area contributed by atoms with E-state index in [4.69, 9.17) is 0 Å². The Labute approximate surface area is 69.6 Å². The summed E-state index contributed by atoms with van der Waals surface area (Å²) in [6.07, 6.45) is 2.80. The van der Waals surface area contributed by atoms with Gasteiger partial charge >= 0.3 is 0 Å². The van der Waals surface area contributed by atoms with Crippen LogP contribution < -0.4 is 0 Å². The van der Waals surface area contributed by atoms with Gasteiger partial charge in [0.15, 0.2) is 0 Å². The molecule has 0 N–H and O–H groups in total.